The first-order chi connectivity index (χ1) is 9.09. The summed E-state index contributed by atoms with van der Waals surface area (Å²) in [7, 11) is -0.617. The van der Waals surface area contributed by atoms with Gasteiger partial charge in [0.2, 0.25) is 0 Å². The summed E-state index contributed by atoms with van der Waals surface area (Å²) in [6.45, 7) is 7.84. The lowest BCUT2D eigenvalue weighted by molar-refractivity contribution is 0.00578. The van der Waals surface area contributed by atoms with Gasteiger partial charge in [-0.15, -0.1) is 0 Å². The van der Waals surface area contributed by atoms with Gasteiger partial charge in [0.05, 0.1) is 11.2 Å². The van der Waals surface area contributed by atoms with Crippen LogP contribution >= 0.6 is 0 Å². The van der Waals surface area contributed by atoms with Gasteiger partial charge in [-0.3, -0.25) is 4.99 Å². The van der Waals surface area contributed by atoms with Crippen molar-refractivity contribution < 1.29 is 18.1 Å². The van der Waals surface area contributed by atoms with E-state index in [9.17, 15) is 8.78 Å². The van der Waals surface area contributed by atoms with Gasteiger partial charge >= 0.3 is 7.12 Å². The van der Waals surface area contributed by atoms with Crippen LogP contribution in [-0.4, -0.2) is 37.0 Å². The number of halogens is 2. The second kappa shape index (κ2) is 4.81. The predicted molar refractivity (Wildman–Crippen MR) is 74.8 cm³/mol. The minimum Gasteiger partial charge on any atom is -0.405 e. The van der Waals surface area contributed by atoms with Crippen molar-refractivity contribution >= 4 is 13.3 Å². The molecular weight excluding hydrogens is 265 g/mol. The Kier molecular flexibility index (Phi) is 3.71. The molecule has 2 rings (SSSR count). The first-order valence-electron chi connectivity index (χ1n) is 6.74. The Morgan fingerprint density at radius 3 is 2.20 bits per heavy atom. The highest BCUT2D eigenvalue weighted by atomic mass is 19.3. The molecule has 1 saturated carbocycles. The molecule has 20 heavy (non-hydrogen) atoms. The Balaban J connectivity index is 1.95. The quantitative estimate of drug-likeness (QED) is 0.636. The highest BCUT2D eigenvalue weighted by Gasteiger charge is 2.56. The molecule has 0 aromatic carbocycles. The number of nitrogens with zero attached hydrogens (tertiary/aromatic N) is 1. The Morgan fingerprint density at radius 1 is 1.30 bits per heavy atom. The summed E-state index contributed by atoms with van der Waals surface area (Å²) in [5.41, 5.74) is 5.16. The van der Waals surface area contributed by atoms with Crippen LogP contribution in [0.5, 0.6) is 0 Å². The zero-order valence-electron chi connectivity index (χ0n) is 12.3. The number of allylic oxidation sites excluding steroid dienone is 1. The first-order valence-corrected chi connectivity index (χ1v) is 6.74. The lowest BCUT2D eigenvalue weighted by Crippen LogP contribution is -2.41. The second-order valence-electron chi connectivity index (χ2n) is 6.41. The molecule has 0 aromatic rings. The maximum absolute atomic E-state index is 12.7. The van der Waals surface area contributed by atoms with Crippen LogP contribution in [-0.2, 0) is 9.31 Å². The second-order valence-corrected chi connectivity index (χ2v) is 6.41. The van der Waals surface area contributed by atoms with Crippen LogP contribution in [0.4, 0.5) is 8.78 Å². The van der Waals surface area contributed by atoms with Crippen LogP contribution in [0, 0.1) is 5.92 Å². The smallest absolute Gasteiger partial charge is 0.405 e. The third-order valence-corrected chi connectivity index (χ3v) is 4.24. The predicted octanol–water partition coefficient (Wildman–Crippen LogP) is 2.19. The summed E-state index contributed by atoms with van der Waals surface area (Å²) in [4.78, 5) is 4.03. The van der Waals surface area contributed by atoms with Crippen molar-refractivity contribution in [2.75, 3.05) is 6.54 Å². The fourth-order valence-corrected chi connectivity index (χ4v) is 1.91. The van der Waals surface area contributed by atoms with Crippen LogP contribution < -0.4 is 5.73 Å². The van der Waals surface area contributed by atoms with E-state index < -0.39 is 30.2 Å². The van der Waals surface area contributed by atoms with Gasteiger partial charge in [0.15, 0.2) is 0 Å². The molecule has 0 aromatic heterocycles. The molecule has 0 spiro atoms. The largest absolute Gasteiger partial charge is 0.497 e. The van der Waals surface area contributed by atoms with Crippen molar-refractivity contribution in [1.29, 1.82) is 0 Å². The molecule has 1 saturated heterocycles. The van der Waals surface area contributed by atoms with Gasteiger partial charge in [0.1, 0.15) is 0 Å². The summed E-state index contributed by atoms with van der Waals surface area (Å²) in [6.07, 6.45) is 2.73. The average Bonchev–Trinajstić information content (AvgIpc) is 2.83. The number of nitrogens with two attached hydrogens (primary N) is 1. The molecule has 112 valence electrons. The van der Waals surface area contributed by atoms with E-state index in [0.29, 0.717) is 5.47 Å². The molecule has 2 fully saturated rings. The standard InChI is InChI=1S/C13H21BF2N2O2/c1-11(2)12(3,4)20-14(19-11)10(6-17)8-18-7-9-5-13(9,15)16/h6,8-9H,5,7,17H2,1-4H3. The SMILES string of the molecule is CC1(C)OB(C(C=NCC2CC2(F)F)=CN)OC1(C)C. The fraction of sp³-hybridized carbons (Fsp3) is 0.769. The summed E-state index contributed by atoms with van der Waals surface area (Å²) >= 11 is 0. The van der Waals surface area contributed by atoms with E-state index in [1.807, 2.05) is 27.7 Å². The van der Waals surface area contributed by atoms with Gasteiger partial charge < -0.3 is 15.0 Å². The van der Waals surface area contributed by atoms with E-state index in [1.54, 1.807) is 0 Å². The Morgan fingerprint density at radius 2 is 1.80 bits per heavy atom. The third kappa shape index (κ3) is 2.88. The van der Waals surface area contributed by atoms with Gasteiger partial charge in [0.25, 0.3) is 5.92 Å². The van der Waals surface area contributed by atoms with Crippen molar-refractivity contribution in [3.05, 3.63) is 11.7 Å². The monoisotopic (exact) mass is 286 g/mol. The van der Waals surface area contributed by atoms with E-state index in [0.717, 1.165) is 0 Å². The fourth-order valence-electron chi connectivity index (χ4n) is 1.91. The van der Waals surface area contributed by atoms with Crippen LogP contribution in [0.1, 0.15) is 34.1 Å². The van der Waals surface area contributed by atoms with E-state index >= 15 is 0 Å². The molecule has 7 heteroatoms. The minimum absolute atomic E-state index is 0.0808. The van der Waals surface area contributed by atoms with Gasteiger partial charge in [-0.1, -0.05) is 0 Å². The summed E-state index contributed by atoms with van der Waals surface area (Å²) < 4.78 is 37.1. The molecule has 0 amide bonds. The highest BCUT2D eigenvalue weighted by Crippen LogP contribution is 2.48. The number of rotatable bonds is 4. The molecule has 2 N–H and O–H groups in total. The van der Waals surface area contributed by atoms with Crippen molar-refractivity contribution in [1.82, 2.24) is 0 Å². The molecule has 1 atom stereocenters. The molecule has 1 heterocycles. The van der Waals surface area contributed by atoms with Crippen molar-refractivity contribution in [3.63, 3.8) is 0 Å². The van der Waals surface area contributed by atoms with Crippen LogP contribution in [0.15, 0.2) is 16.7 Å². The summed E-state index contributed by atoms with van der Waals surface area (Å²) in [5, 5.41) is 0. The summed E-state index contributed by atoms with van der Waals surface area (Å²) in [5.74, 6) is -3.19. The van der Waals surface area contributed by atoms with E-state index in [1.165, 1.54) is 12.4 Å². The van der Waals surface area contributed by atoms with Gasteiger partial charge in [-0.25, -0.2) is 8.78 Å². The van der Waals surface area contributed by atoms with Crippen LogP contribution in [0.2, 0.25) is 0 Å². The lowest BCUT2D eigenvalue weighted by atomic mass is 9.79. The van der Waals surface area contributed by atoms with Crippen molar-refractivity contribution in [3.8, 4) is 0 Å². The number of hydrogen-bond acceptors (Lipinski definition) is 4. The van der Waals surface area contributed by atoms with Crippen molar-refractivity contribution in [2.45, 2.75) is 51.2 Å². The van der Waals surface area contributed by atoms with Gasteiger partial charge in [0, 0.05) is 30.6 Å². The van der Waals surface area contributed by atoms with Crippen LogP contribution in [0.3, 0.4) is 0 Å². The molecule has 1 unspecified atom stereocenters. The molecule has 1 aliphatic carbocycles. The van der Waals surface area contributed by atoms with Gasteiger partial charge in [-0.05, 0) is 33.9 Å². The highest BCUT2D eigenvalue weighted by molar-refractivity contribution is 6.60. The molecule has 1 aliphatic heterocycles. The summed E-state index contributed by atoms with van der Waals surface area (Å²) in [6, 6.07) is 0. The number of hydrogen-bond donors (Lipinski definition) is 1. The minimum atomic E-state index is -2.55. The number of alkyl halides is 2. The molecule has 2 aliphatic rings. The van der Waals surface area contributed by atoms with E-state index in [2.05, 4.69) is 4.99 Å². The topological polar surface area (TPSA) is 56.8 Å². The Hall–Kier alpha value is -0.945. The average molecular weight is 286 g/mol. The zero-order valence-corrected chi connectivity index (χ0v) is 12.3. The zero-order chi connectivity index (χ0) is 15.2. The first kappa shape index (κ1) is 15.4. The van der Waals surface area contributed by atoms with E-state index in [4.69, 9.17) is 15.0 Å². The third-order valence-electron chi connectivity index (χ3n) is 4.24. The molecule has 0 bridgehead atoms. The van der Waals surface area contributed by atoms with Gasteiger partial charge in [-0.2, -0.15) is 0 Å². The maximum atomic E-state index is 12.7. The normalized spacial score (nSPS) is 31.0. The molecule has 4 nitrogen and oxygen atoms in total. The Bertz CT molecular complexity index is 434. The van der Waals surface area contributed by atoms with Crippen molar-refractivity contribution in [2.24, 2.45) is 16.6 Å². The van der Waals surface area contributed by atoms with E-state index in [-0.39, 0.29) is 13.0 Å². The lowest BCUT2D eigenvalue weighted by Gasteiger charge is -2.32. The maximum Gasteiger partial charge on any atom is 0.497 e. The number of aliphatic imine (C=N–C) groups is 1. The molecular formula is C13H21BF2N2O2. The van der Waals surface area contributed by atoms with Crippen LogP contribution in [0.25, 0.3) is 0 Å². The molecule has 0 radical (unpaired) electrons. The Labute approximate surface area is 118 Å².